The van der Waals surface area contributed by atoms with Gasteiger partial charge in [-0.2, -0.15) is 0 Å². The molecule has 92 valence electrons. The third-order valence-electron chi connectivity index (χ3n) is 3.10. The van der Waals surface area contributed by atoms with Crippen molar-refractivity contribution < 1.29 is 23.7 Å². The summed E-state index contributed by atoms with van der Waals surface area (Å²) >= 11 is 0. The highest BCUT2D eigenvalue weighted by atomic mass is 16.7. The predicted molar refractivity (Wildman–Crippen MR) is 54.8 cm³/mol. The van der Waals surface area contributed by atoms with Crippen LogP contribution < -0.4 is 0 Å². The van der Waals surface area contributed by atoms with Crippen LogP contribution in [-0.4, -0.2) is 44.8 Å². The molecule has 3 atom stereocenters. The zero-order chi connectivity index (χ0) is 11.4. The maximum Gasteiger partial charge on any atom is 0.305 e. The maximum absolute atomic E-state index is 10.9. The number of hydrogen-bond acceptors (Lipinski definition) is 5. The van der Waals surface area contributed by atoms with E-state index in [9.17, 15) is 4.79 Å². The lowest BCUT2D eigenvalue weighted by Crippen LogP contribution is -2.27. The second-order valence-electron chi connectivity index (χ2n) is 4.15. The van der Waals surface area contributed by atoms with Crippen LogP contribution in [0.4, 0.5) is 0 Å². The highest BCUT2D eigenvalue weighted by Gasteiger charge is 2.42. The molecular formula is C11H18O5. The van der Waals surface area contributed by atoms with Crippen molar-refractivity contribution in [2.75, 3.05) is 20.5 Å². The number of carbonyl (C=O) groups excluding carboxylic acids is 1. The summed E-state index contributed by atoms with van der Waals surface area (Å²) in [6.45, 7) is 1.02. The maximum atomic E-state index is 10.9. The molecule has 2 fully saturated rings. The zero-order valence-corrected chi connectivity index (χ0v) is 9.52. The molecule has 5 nitrogen and oxygen atoms in total. The first-order valence-electron chi connectivity index (χ1n) is 5.73. The lowest BCUT2D eigenvalue weighted by atomic mass is 10.0. The summed E-state index contributed by atoms with van der Waals surface area (Å²) in [5.41, 5.74) is 0. The summed E-state index contributed by atoms with van der Waals surface area (Å²) in [5, 5.41) is 0. The normalized spacial score (nSPS) is 32.7. The number of carbonyl (C=O) groups is 1. The molecule has 5 heteroatoms. The van der Waals surface area contributed by atoms with Gasteiger partial charge in [0.2, 0.25) is 0 Å². The third-order valence-corrected chi connectivity index (χ3v) is 3.10. The number of methoxy groups -OCH3 is 1. The Morgan fingerprint density at radius 1 is 1.31 bits per heavy atom. The quantitative estimate of drug-likeness (QED) is 0.518. The molecule has 0 amide bonds. The van der Waals surface area contributed by atoms with Crippen LogP contribution >= 0.6 is 0 Å². The van der Waals surface area contributed by atoms with Crippen LogP contribution in [0.2, 0.25) is 0 Å². The van der Waals surface area contributed by atoms with Gasteiger partial charge in [-0.1, -0.05) is 6.42 Å². The SMILES string of the molecule is COC(=O)CCCC[C@@H]1OC[C@H]2OCO[C@@H]12. The van der Waals surface area contributed by atoms with Crippen LogP contribution in [0.1, 0.15) is 25.7 Å². The predicted octanol–water partition coefficient (Wildman–Crippen LogP) is 0.860. The Kier molecular flexibility index (Phi) is 4.15. The van der Waals surface area contributed by atoms with Crippen LogP contribution in [0.15, 0.2) is 0 Å². The molecule has 0 radical (unpaired) electrons. The Morgan fingerprint density at radius 2 is 2.19 bits per heavy atom. The minimum Gasteiger partial charge on any atom is -0.469 e. The van der Waals surface area contributed by atoms with Gasteiger partial charge in [0.15, 0.2) is 0 Å². The highest BCUT2D eigenvalue weighted by molar-refractivity contribution is 5.68. The highest BCUT2D eigenvalue weighted by Crippen LogP contribution is 2.28. The first kappa shape index (κ1) is 11.8. The van der Waals surface area contributed by atoms with Gasteiger partial charge in [0.05, 0.1) is 19.8 Å². The lowest BCUT2D eigenvalue weighted by Gasteiger charge is -2.14. The molecule has 0 spiro atoms. The Balaban J connectivity index is 1.61. The minimum atomic E-state index is -0.148. The molecule has 2 saturated heterocycles. The van der Waals surface area contributed by atoms with Gasteiger partial charge in [0, 0.05) is 6.42 Å². The summed E-state index contributed by atoms with van der Waals surface area (Å²) < 4.78 is 21.0. The second kappa shape index (κ2) is 5.61. The fraction of sp³-hybridized carbons (Fsp3) is 0.909. The standard InChI is InChI=1S/C11H18O5/c1-13-10(12)5-3-2-4-8-11-9(6-14-8)15-7-16-11/h8-9,11H,2-7H2,1H3/t8-,9+,11-/m0/s1. The van der Waals surface area contributed by atoms with E-state index in [0.29, 0.717) is 19.8 Å². The van der Waals surface area contributed by atoms with Crippen LogP contribution in [0.5, 0.6) is 0 Å². The molecule has 2 aliphatic heterocycles. The van der Waals surface area contributed by atoms with E-state index < -0.39 is 0 Å². The van der Waals surface area contributed by atoms with Gasteiger partial charge in [-0.05, 0) is 12.8 Å². The Hall–Kier alpha value is -0.650. The van der Waals surface area contributed by atoms with E-state index in [0.717, 1.165) is 19.3 Å². The van der Waals surface area contributed by atoms with E-state index >= 15 is 0 Å². The molecule has 2 rings (SSSR count). The first-order chi connectivity index (χ1) is 7.81. The zero-order valence-electron chi connectivity index (χ0n) is 9.52. The number of ether oxygens (including phenoxy) is 4. The molecule has 2 aliphatic rings. The summed E-state index contributed by atoms with van der Waals surface area (Å²) in [7, 11) is 1.41. The number of rotatable bonds is 5. The molecule has 16 heavy (non-hydrogen) atoms. The van der Waals surface area contributed by atoms with Crippen LogP contribution in [-0.2, 0) is 23.7 Å². The van der Waals surface area contributed by atoms with Gasteiger partial charge in [0.1, 0.15) is 19.0 Å². The van der Waals surface area contributed by atoms with Crippen molar-refractivity contribution >= 4 is 5.97 Å². The fourth-order valence-electron chi connectivity index (χ4n) is 2.17. The molecular weight excluding hydrogens is 212 g/mol. The summed E-state index contributed by atoms with van der Waals surface area (Å²) in [6, 6.07) is 0. The van der Waals surface area contributed by atoms with Crippen molar-refractivity contribution in [2.24, 2.45) is 0 Å². The molecule has 0 aliphatic carbocycles. The van der Waals surface area contributed by atoms with Crippen molar-refractivity contribution in [1.82, 2.24) is 0 Å². The van der Waals surface area contributed by atoms with Crippen LogP contribution in [0.25, 0.3) is 0 Å². The average molecular weight is 230 g/mol. The molecule has 0 aromatic rings. The monoisotopic (exact) mass is 230 g/mol. The van der Waals surface area contributed by atoms with Gasteiger partial charge >= 0.3 is 5.97 Å². The van der Waals surface area contributed by atoms with E-state index in [4.69, 9.17) is 14.2 Å². The van der Waals surface area contributed by atoms with Gasteiger partial charge in [-0.15, -0.1) is 0 Å². The van der Waals surface area contributed by atoms with Gasteiger partial charge < -0.3 is 18.9 Å². The van der Waals surface area contributed by atoms with Crippen molar-refractivity contribution in [3.05, 3.63) is 0 Å². The molecule has 0 bridgehead atoms. The summed E-state index contributed by atoms with van der Waals surface area (Å²) in [6.07, 6.45) is 3.53. The van der Waals surface area contributed by atoms with E-state index in [1.807, 2.05) is 0 Å². The molecule has 0 unspecified atom stereocenters. The topological polar surface area (TPSA) is 54.0 Å². The average Bonchev–Trinajstić information content (AvgIpc) is 2.87. The van der Waals surface area contributed by atoms with Crippen molar-refractivity contribution in [3.63, 3.8) is 0 Å². The molecule has 0 N–H and O–H groups in total. The molecule has 0 aromatic heterocycles. The van der Waals surface area contributed by atoms with Crippen LogP contribution in [0, 0.1) is 0 Å². The fourth-order valence-corrected chi connectivity index (χ4v) is 2.17. The smallest absolute Gasteiger partial charge is 0.305 e. The number of esters is 1. The van der Waals surface area contributed by atoms with Gasteiger partial charge in [-0.25, -0.2) is 0 Å². The molecule has 0 saturated carbocycles. The Labute approximate surface area is 95.0 Å². The van der Waals surface area contributed by atoms with E-state index in [1.165, 1.54) is 7.11 Å². The minimum absolute atomic E-state index is 0.0955. The van der Waals surface area contributed by atoms with E-state index in [1.54, 1.807) is 0 Å². The van der Waals surface area contributed by atoms with Gasteiger partial charge in [0.25, 0.3) is 0 Å². The van der Waals surface area contributed by atoms with Crippen LogP contribution in [0.3, 0.4) is 0 Å². The van der Waals surface area contributed by atoms with E-state index in [2.05, 4.69) is 4.74 Å². The Morgan fingerprint density at radius 3 is 3.00 bits per heavy atom. The lowest BCUT2D eigenvalue weighted by molar-refractivity contribution is -0.140. The second-order valence-corrected chi connectivity index (χ2v) is 4.15. The summed E-state index contributed by atoms with van der Waals surface area (Å²) in [5.74, 6) is -0.148. The largest absolute Gasteiger partial charge is 0.469 e. The van der Waals surface area contributed by atoms with Crippen molar-refractivity contribution in [2.45, 2.75) is 44.0 Å². The number of unbranched alkanes of at least 4 members (excludes halogenated alkanes) is 1. The molecule has 2 heterocycles. The van der Waals surface area contributed by atoms with Crippen molar-refractivity contribution in [3.8, 4) is 0 Å². The van der Waals surface area contributed by atoms with Crippen molar-refractivity contribution in [1.29, 1.82) is 0 Å². The number of fused-ring (bicyclic) bond motifs is 1. The third kappa shape index (κ3) is 2.72. The molecule has 0 aromatic carbocycles. The summed E-state index contributed by atoms with van der Waals surface area (Å²) in [4.78, 5) is 10.9. The number of hydrogen-bond donors (Lipinski definition) is 0. The first-order valence-corrected chi connectivity index (χ1v) is 5.73. The van der Waals surface area contributed by atoms with E-state index in [-0.39, 0.29) is 24.3 Å². The van der Waals surface area contributed by atoms with Gasteiger partial charge in [-0.3, -0.25) is 4.79 Å². The Bertz CT molecular complexity index is 243.